The average Bonchev–Trinajstić information content (AvgIpc) is 3.40. The molecule has 0 aliphatic rings. The summed E-state index contributed by atoms with van der Waals surface area (Å²) in [6.45, 7) is -0.271. The number of nitrogens with zero attached hydrogens (tertiary/aromatic N) is 1. The van der Waals surface area contributed by atoms with Crippen molar-refractivity contribution < 1.29 is 17.9 Å². The molecule has 0 fully saturated rings. The molecule has 4 rings (SSSR count). The van der Waals surface area contributed by atoms with E-state index in [9.17, 15) is 13.5 Å². The summed E-state index contributed by atoms with van der Waals surface area (Å²) in [5.41, 5.74) is -1.23. The summed E-state index contributed by atoms with van der Waals surface area (Å²) in [6.07, 6.45) is 2.99. The third kappa shape index (κ3) is 3.28. The zero-order valence-corrected chi connectivity index (χ0v) is 15.7. The lowest BCUT2D eigenvalue weighted by atomic mass is 9.99. The summed E-state index contributed by atoms with van der Waals surface area (Å²) in [4.78, 5) is 4.84. The van der Waals surface area contributed by atoms with Crippen LogP contribution in [0.3, 0.4) is 0 Å². The van der Waals surface area contributed by atoms with Crippen molar-refractivity contribution in [1.82, 2.24) is 9.71 Å². The molecule has 2 N–H and O–H groups in total. The molecular weight excluding hydrogens is 384 g/mol. The molecule has 0 aliphatic heterocycles. The Morgan fingerprint density at radius 1 is 1.11 bits per heavy atom. The first-order valence-corrected chi connectivity index (χ1v) is 10.5. The molecule has 0 saturated heterocycles. The zero-order valence-electron chi connectivity index (χ0n) is 14.1. The Labute approximate surface area is 160 Å². The predicted molar refractivity (Wildman–Crippen MR) is 103 cm³/mol. The van der Waals surface area contributed by atoms with Gasteiger partial charge in [-0.25, -0.2) is 13.1 Å². The Kier molecular flexibility index (Phi) is 4.56. The third-order valence-electron chi connectivity index (χ3n) is 4.26. The molecule has 0 spiro atoms. The topological polar surface area (TPSA) is 92.4 Å². The van der Waals surface area contributed by atoms with Crippen molar-refractivity contribution in [1.29, 1.82) is 0 Å². The summed E-state index contributed by atoms with van der Waals surface area (Å²) in [6, 6.07) is 15.3. The van der Waals surface area contributed by atoms with E-state index in [1.807, 2.05) is 5.38 Å². The van der Waals surface area contributed by atoms with E-state index in [-0.39, 0.29) is 17.2 Å². The van der Waals surface area contributed by atoms with Crippen LogP contribution in [0.1, 0.15) is 10.6 Å². The molecule has 27 heavy (non-hydrogen) atoms. The molecule has 3 aromatic heterocycles. The molecule has 0 amide bonds. The number of fused-ring (bicyclic) bond motifs is 1. The van der Waals surface area contributed by atoms with Gasteiger partial charge in [0.25, 0.3) is 0 Å². The highest BCUT2D eigenvalue weighted by Crippen LogP contribution is 2.33. The van der Waals surface area contributed by atoms with E-state index >= 15 is 0 Å². The first-order chi connectivity index (χ1) is 13.0. The number of sulfonamides is 1. The lowest BCUT2D eigenvalue weighted by Gasteiger charge is -2.25. The molecule has 0 bridgehead atoms. The van der Waals surface area contributed by atoms with Gasteiger partial charge in [0, 0.05) is 16.5 Å². The first kappa shape index (κ1) is 17.9. The molecular formula is C19H16N2O4S2. The van der Waals surface area contributed by atoms with Gasteiger partial charge >= 0.3 is 0 Å². The lowest BCUT2D eigenvalue weighted by molar-refractivity contribution is 0.0655. The molecule has 138 valence electrons. The summed E-state index contributed by atoms with van der Waals surface area (Å²) in [7, 11) is -3.91. The number of hydrogen-bond acceptors (Lipinski definition) is 6. The van der Waals surface area contributed by atoms with Crippen LogP contribution in [-0.2, 0) is 15.6 Å². The molecule has 8 heteroatoms. The minimum Gasteiger partial charge on any atom is -0.466 e. The van der Waals surface area contributed by atoms with Crippen molar-refractivity contribution in [2.45, 2.75) is 10.5 Å². The van der Waals surface area contributed by atoms with Crippen molar-refractivity contribution in [3.63, 3.8) is 0 Å². The normalized spacial score (nSPS) is 14.3. The average molecular weight is 400 g/mol. The Morgan fingerprint density at radius 3 is 2.70 bits per heavy atom. The van der Waals surface area contributed by atoms with E-state index < -0.39 is 15.6 Å². The standard InChI is InChI=1S/C19H16N2O4S2/c22-19(16-8-3-11-25-16,17-9-4-12-26-17)13-21-27(23,24)15-7-1-5-14-6-2-10-20-18(14)15/h1-12,21-22H,13H2. The minimum atomic E-state index is -3.91. The number of para-hydroxylation sites is 1. The van der Waals surface area contributed by atoms with Gasteiger partial charge in [0.1, 0.15) is 10.7 Å². The number of aliphatic hydroxyl groups is 1. The van der Waals surface area contributed by atoms with Crippen molar-refractivity contribution in [2.75, 3.05) is 6.54 Å². The van der Waals surface area contributed by atoms with Crippen LogP contribution in [0.2, 0.25) is 0 Å². The third-order valence-corrected chi connectivity index (χ3v) is 6.71. The number of nitrogens with one attached hydrogen (secondary N) is 1. The second kappa shape index (κ2) is 6.90. The van der Waals surface area contributed by atoms with Crippen LogP contribution in [0.5, 0.6) is 0 Å². The SMILES string of the molecule is O=S(=O)(NCC(O)(c1ccco1)c1cccs1)c1cccc2cccnc12. The predicted octanol–water partition coefficient (Wildman–Crippen LogP) is 3.10. The monoisotopic (exact) mass is 400 g/mol. The Hall–Kier alpha value is -2.52. The molecule has 3 heterocycles. The molecule has 1 aromatic carbocycles. The van der Waals surface area contributed by atoms with E-state index in [0.717, 1.165) is 5.39 Å². The van der Waals surface area contributed by atoms with Gasteiger partial charge in [-0.3, -0.25) is 4.98 Å². The summed E-state index contributed by atoms with van der Waals surface area (Å²) >= 11 is 1.32. The second-order valence-electron chi connectivity index (χ2n) is 5.97. The highest BCUT2D eigenvalue weighted by atomic mass is 32.2. The molecule has 6 nitrogen and oxygen atoms in total. The highest BCUT2D eigenvalue weighted by Gasteiger charge is 2.37. The smallest absolute Gasteiger partial charge is 0.242 e. The number of thiophene rings is 1. The van der Waals surface area contributed by atoms with Crippen molar-refractivity contribution in [3.05, 3.63) is 83.1 Å². The van der Waals surface area contributed by atoms with Gasteiger partial charge in [-0.2, -0.15) is 0 Å². The maximum atomic E-state index is 12.9. The highest BCUT2D eigenvalue weighted by molar-refractivity contribution is 7.89. The molecule has 1 atom stereocenters. The maximum Gasteiger partial charge on any atom is 0.242 e. The first-order valence-electron chi connectivity index (χ1n) is 8.14. The van der Waals surface area contributed by atoms with Gasteiger partial charge in [-0.15, -0.1) is 11.3 Å². The summed E-state index contributed by atoms with van der Waals surface area (Å²) in [5, 5.41) is 13.8. The van der Waals surface area contributed by atoms with Gasteiger partial charge in [0.05, 0.1) is 18.3 Å². The number of aromatic nitrogens is 1. The largest absolute Gasteiger partial charge is 0.466 e. The van der Waals surface area contributed by atoms with Crippen LogP contribution in [0.15, 0.2) is 81.8 Å². The van der Waals surface area contributed by atoms with E-state index in [1.54, 1.807) is 54.7 Å². The molecule has 1 unspecified atom stereocenters. The van der Waals surface area contributed by atoms with Crippen LogP contribution >= 0.6 is 11.3 Å². The fourth-order valence-electron chi connectivity index (χ4n) is 2.89. The fraction of sp³-hybridized carbons (Fsp3) is 0.105. The van der Waals surface area contributed by atoms with Crippen molar-refractivity contribution >= 4 is 32.3 Å². The van der Waals surface area contributed by atoms with Crippen LogP contribution in [0.4, 0.5) is 0 Å². The number of benzene rings is 1. The van der Waals surface area contributed by atoms with Gasteiger partial charge in [-0.1, -0.05) is 24.3 Å². The number of furan rings is 1. The molecule has 4 aromatic rings. The van der Waals surface area contributed by atoms with E-state index in [1.165, 1.54) is 23.7 Å². The van der Waals surface area contributed by atoms with Crippen molar-refractivity contribution in [3.8, 4) is 0 Å². The number of hydrogen-bond donors (Lipinski definition) is 2. The van der Waals surface area contributed by atoms with Crippen LogP contribution in [-0.4, -0.2) is 25.1 Å². The van der Waals surface area contributed by atoms with Gasteiger partial charge < -0.3 is 9.52 Å². The maximum absolute atomic E-state index is 12.9. The van der Waals surface area contributed by atoms with Gasteiger partial charge in [-0.05, 0) is 35.7 Å². The quantitative estimate of drug-likeness (QED) is 0.519. The van der Waals surface area contributed by atoms with Crippen LogP contribution < -0.4 is 4.72 Å². The zero-order chi connectivity index (χ0) is 18.9. The van der Waals surface area contributed by atoms with Crippen LogP contribution in [0, 0.1) is 0 Å². The summed E-state index contributed by atoms with van der Waals surface area (Å²) < 4.78 is 33.8. The van der Waals surface area contributed by atoms with E-state index in [4.69, 9.17) is 4.42 Å². The Bertz CT molecular complexity index is 1110. The van der Waals surface area contributed by atoms with Gasteiger partial charge in [0.2, 0.25) is 10.0 Å². The Morgan fingerprint density at radius 2 is 1.96 bits per heavy atom. The fourth-order valence-corrected chi connectivity index (χ4v) is 4.96. The Balaban J connectivity index is 1.70. The minimum absolute atomic E-state index is 0.0635. The lowest BCUT2D eigenvalue weighted by Crippen LogP contribution is -2.41. The number of pyridine rings is 1. The van der Waals surface area contributed by atoms with Crippen molar-refractivity contribution in [2.24, 2.45) is 0 Å². The van der Waals surface area contributed by atoms with E-state index in [0.29, 0.717) is 10.4 Å². The van der Waals surface area contributed by atoms with Gasteiger partial charge in [0.15, 0.2) is 5.60 Å². The molecule has 0 radical (unpaired) electrons. The van der Waals surface area contributed by atoms with E-state index in [2.05, 4.69) is 9.71 Å². The second-order valence-corrected chi connectivity index (χ2v) is 8.65. The number of rotatable bonds is 6. The van der Waals surface area contributed by atoms with Crippen LogP contribution in [0.25, 0.3) is 10.9 Å². The summed E-state index contributed by atoms with van der Waals surface area (Å²) in [5.74, 6) is 0.267. The molecule has 0 saturated carbocycles. The molecule has 0 aliphatic carbocycles.